The summed E-state index contributed by atoms with van der Waals surface area (Å²) in [6.45, 7) is 4.55. The third kappa shape index (κ3) is 3.36. The van der Waals surface area contributed by atoms with Crippen molar-refractivity contribution in [2.24, 2.45) is 0 Å². The molecule has 1 heterocycles. The Bertz CT molecular complexity index is 106. The van der Waals surface area contributed by atoms with Gasteiger partial charge in [0.15, 0.2) is 0 Å². The van der Waals surface area contributed by atoms with Crippen LogP contribution in [0.2, 0.25) is 0 Å². The van der Waals surface area contributed by atoms with Crippen molar-refractivity contribution >= 4 is 11.8 Å². The van der Waals surface area contributed by atoms with Crippen LogP contribution in [0.15, 0.2) is 0 Å². The highest BCUT2D eigenvalue weighted by molar-refractivity contribution is 7.99. The van der Waals surface area contributed by atoms with E-state index in [-0.39, 0.29) is 0 Å². The number of nitrogens with one attached hydrogen (secondary N) is 1. The quantitative estimate of drug-likeness (QED) is 0.726. The van der Waals surface area contributed by atoms with Gasteiger partial charge in [0.05, 0.1) is 0 Å². The molecule has 0 saturated carbocycles. The second-order valence-corrected chi connectivity index (χ2v) is 4.79. The highest BCUT2D eigenvalue weighted by Gasteiger charge is 2.15. The lowest BCUT2D eigenvalue weighted by Crippen LogP contribution is -2.39. The zero-order chi connectivity index (χ0) is 8.81. The van der Waals surface area contributed by atoms with Crippen LogP contribution in [0.1, 0.15) is 39.5 Å². The summed E-state index contributed by atoms with van der Waals surface area (Å²) in [4.78, 5) is 0. The summed E-state index contributed by atoms with van der Waals surface area (Å²) < 4.78 is 0. The summed E-state index contributed by atoms with van der Waals surface area (Å²) in [5, 5.41) is 3.74. The molecule has 1 rings (SSSR count). The van der Waals surface area contributed by atoms with Gasteiger partial charge < -0.3 is 5.32 Å². The first-order valence-electron chi connectivity index (χ1n) is 5.20. The normalized spacial score (nSPS) is 20.2. The average Bonchev–Trinajstić information content (AvgIpc) is 2.16. The van der Waals surface area contributed by atoms with Crippen molar-refractivity contribution in [2.75, 3.05) is 11.5 Å². The highest BCUT2D eigenvalue weighted by atomic mass is 32.2. The topological polar surface area (TPSA) is 12.0 Å². The number of hydrogen-bond acceptors (Lipinski definition) is 2. The summed E-state index contributed by atoms with van der Waals surface area (Å²) in [7, 11) is 0. The van der Waals surface area contributed by atoms with Crippen LogP contribution in [-0.2, 0) is 0 Å². The lowest BCUT2D eigenvalue weighted by Gasteiger charge is -2.27. The molecule has 1 aliphatic heterocycles. The van der Waals surface area contributed by atoms with E-state index in [4.69, 9.17) is 0 Å². The Kier molecular flexibility index (Phi) is 5.08. The van der Waals surface area contributed by atoms with Crippen LogP contribution in [0, 0.1) is 0 Å². The number of thioether (sulfide) groups is 1. The van der Waals surface area contributed by atoms with Crippen molar-refractivity contribution < 1.29 is 0 Å². The lowest BCUT2D eigenvalue weighted by molar-refractivity contribution is 0.390. The Labute approximate surface area is 80.7 Å². The maximum atomic E-state index is 3.74. The summed E-state index contributed by atoms with van der Waals surface area (Å²) in [5.74, 6) is 2.72. The van der Waals surface area contributed by atoms with Gasteiger partial charge in [-0.15, -0.1) is 0 Å². The Morgan fingerprint density at radius 3 is 2.33 bits per heavy atom. The Balaban J connectivity index is 2.18. The van der Waals surface area contributed by atoms with Crippen molar-refractivity contribution in [1.82, 2.24) is 5.32 Å². The number of hydrogen-bond donors (Lipinski definition) is 1. The molecule has 1 fully saturated rings. The van der Waals surface area contributed by atoms with Crippen molar-refractivity contribution in [3.05, 3.63) is 0 Å². The van der Waals surface area contributed by atoms with E-state index in [1.807, 2.05) is 0 Å². The van der Waals surface area contributed by atoms with Gasteiger partial charge in [-0.25, -0.2) is 0 Å². The van der Waals surface area contributed by atoms with E-state index < -0.39 is 0 Å². The minimum absolute atomic E-state index is 0.762. The molecule has 0 spiro atoms. The molecule has 0 atom stereocenters. The molecule has 0 radical (unpaired) electrons. The summed E-state index contributed by atoms with van der Waals surface area (Å²) >= 11 is 2.10. The molecule has 1 N–H and O–H groups in total. The maximum Gasteiger partial charge on any atom is 0.00853 e. The van der Waals surface area contributed by atoms with Gasteiger partial charge in [0.2, 0.25) is 0 Å². The first-order chi connectivity index (χ1) is 5.86. The molecular formula is C10H21NS. The molecule has 1 aliphatic rings. The van der Waals surface area contributed by atoms with Crippen molar-refractivity contribution in [3.63, 3.8) is 0 Å². The van der Waals surface area contributed by atoms with Crippen LogP contribution < -0.4 is 5.32 Å². The fourth-order valence-corrected chi connectivity index (χ4v) is 2.83. The van der Waals surface area contributed by atoms with Gasteiger partial charge in [-0.3, -0.25) is 0 Å². The van der Waals surface area contributed by atoms with Gasteiger partial charge in [-0.1, -0.05) is 13.8 Å². The zero-order valence-corrected chi connectivity index (χ0v) is 9.12. The zero-order valence-electron chi connectivity index (χ0n) is 8.31. The molecular weight excluding hydrogens is 166 g/mol. The molecule has 0 aromatic rings. The van der Waals surface area contributed by atoms with Gasteiger partial charge in [0.1, 0.15) is 0 Å². The molecule has 1 nitrogen and oxygen atoms in total. The Morgan fingerprint density at radius 1 is 1.25 bits per heavy atom. The first kappa shape index (κ1) is 10.4. The largest absolute Gasteiger partial charge is 0.311 e. The Hall–Kier alpha value is 0.310. The van der Waals surface area contributed by atoms with Crippen LogP contribution >= 0.6 is 11.8 Å². The SMILES string of the molecule is CCC(CC)NC1CCSCC1. The van der Waals surface area contributed by atoms with Crippen LogP contribution in [0.3, 0.4) is 0 Å². The molecule has 0 aliphatic carbocycles. The minimum Gasteiger partial charge on any atom is -0.311 e. The average molecular weight is 187 g/mol. The smallest absolute Gasteiger partial charge is 0.00853 e. The van der Waals surface area contributed by atoms with Gasteiger partial charge in [-0.2, -0.15) is 11.8 Å². The van der Waals surface area contributed by atoms with Crippen LogP contribution in [0.5, 0.6) is 0 Å². The minimum atomic E-state index is 0.762. The molecule has 2 heteroatoms. The molecule has 0 unspecified atom stereocenters. The monoisotopic (exact) mass is 187 g/mol. The maximum absolute atomic E-state index is 3.74. The Morgan fingerprint density at radius 2 is 1.83 bits per heavy atom. The summed E-state index contributed by atoms with van der Waals surface area (Å²) in [6, 6.07) is 1.58. The van der Waals surface area contributed by atoms with E-state index in [1.54, 1.807) is 0 Å². The van der Waals surface area contributed by atoms with E-state index in [2.05, 4.69) is 30.9 Å². The fourth-order valence-electron chi connectivity index (χ4n) is 1.72. The van der Waals surface area contributed by atoms with Crippen molar-refractivity contribution in [3.8, 4) is 0 Å². The second kappa shape index (κ2) is 5.87. The van der Waals surface area contributed by atoms with Crippen LogP contribution in [0.4, 0.5) is 0 Å². The van der Waals surface area contributed by atoms with Crippen molar-refractivity contribution in [1.29, 1.82) is 0 Å². The second-order valence-electron chi connectivity index (χ2n) is 3.57. The summed E-state index contributed by atoms with van der Waals surface area (Å²) in [5.41, 5.74) is 0. The van der Waals surface area contributed by atoms with E-state index in [1.165, 1.54) is 37.2 Å². The molecule has 72 valence electrons. The standard InChI is InChI=1S/C10H21NS/c1-3-9(4-2)11-10-5-7-12-8-6-10/h9-11H,3-8H2,1-2H3. The highest BCUT2D eigenvalue weighted by Crippen LogP contribution is 2.17. The van der Waals surface area contributed by atoms with Gasteiger partial charge in [0, 0.05) is 12.1 Å². The fraction of sp³-hybridized carbons (Fsp3) is 1.00. The van der Waals surface area contributed by atoms with Crippen LogP contribution in [-0.4, -0.2) is 23.6 Å². The predicted octanol–water partition coefficient (Wildman–Crippen LogP) is 2.66. The van der Waals surface area contributed by atoms with E-state index in [0.29, 0.717) is 0 Å². The molecule has 12 heavy (non-hydrogen) atoms. The molecule has 0 aromatic heterocycles. The lowest BCUT2D eigenvalue weighted by atomic mass is 10.1. The van der Waals surface area contributed by atoms with Gasteiger partial charge in [-0.05, 0) is 37.2 Å². The molecule has 0 bridgehead atoms. The van der Waals surface area contributed by atoms with E-state index in [9.17, 15) is 0 Å². The van der Waals surface area contributed by atoms with E-state index in [0.717, 1.165) is 12.1 Å². The summed E-state index contributed by atoms with van der Waals surface area (Å²) in [6.07, 6.45) is 5.31. The van der Waals surface area contributed by atoms with E-state index >= 15 is 0 Å². The predicted molar refractivity (Wildman–Crippen MR) is 57.9 cm³/mol. The number of rotatable bonds is 4. The molecule has 0 amide bonds. The van der Waals surface area contributed by atoms with Crippen molar-refractivity contribution in [2.45, 2.75) is 51.6 Å². The molecule has 0 aromatic carbocycles. The third-order valence-corrected chi connectivity index (χ3v) is 3.73. The first-order valence-corrected chi connectivity index (χ1v) is 6.36. The third-order valence-electron chi connectivity index (χ3n) is 2.68. The van der Waals surface area contributed by atoms with Gasteiger partial charge >= 0.3 is 0 Å². The van der Waals surface area contributed by atoms with Crippen LogP contribution in [0.25, 0.3) is 0 Å². The molecule has 1 saturated heterocycles. The van der Waals surface area contributed by atoms with Gasteiger partial charge in [0.25, 0.3) is 0 Å².